The van der Waals surface area contributed by atoms with E-state index >= 15 is 0 Å². The SMILES string of the molecule is CC(C)(C)OC(=O)NC[C@@H]1C[C@@H]1C(=O)ON1C(=O)c2ccccc2C1=O. The van der Waals surface area contributed by atoms with E-state index in [1.165, 1.54) is 12.1 Å². The Bertz CT molecular complexity index is 747. The summed E-state index contributed by atoms with van der Waals surface area (Å²) < 4.78 is 5.12. The molecule has 2 atom stereocenters. The minimum absolute atomic E-state index is 0.106. The fourth-order valence-corrected chi connectivity index (χ4v) is 2.70. The van der Waals surface area contributed by atoms with Crippen LogP contribution in [0.2, 0.25) is 0 Å². The average molecular weight is 360 g/mol. The van der Waals surface area contributed by atoms with Crippen LogP contribution in [0, 0.1) is 11.8 Å². The summed E-state index contributed by atoms with van der Waals surface area (Å²) in [4.78, 5) is 53.1. The van der Waals surface area contributed by atoms with Gasteiger partial charge in [-0.2, -0.15) is 0 Å². The van der Waals surface area contributed by atoms with Crippen molar-refractivity contribution in [3.8, 4) is 0 Å². The van der Waals surface area contributed by atoms with Crippen LogP contribution in [0.15, 0.2) is 24.3 Å². The number of nitrogens with one attached hydrogen (secondary N) is 1. The molecule has 1 aliphatic carbocycles. The van der Waals surface area contributed by atoms with Crippen LogP contribution in [-0.4, -0.2) is 41.1 Å². The summed E-state index contributed by atoms with van der Waals surface area (Å²) in [5.74, 6) is -2.53. The highest BCUT2D eigenvalue weighted by Gasteiger charge is 2.47. The zero-order valence-electron chi connectivity index (χ0n) is 14.8. The van der Waals surface area contributed by atoms with E-state index in [1.54, 1.807) is 32.9 Å². The minimum Gasteiger partial charge on any atom is -0.444 e. The van der Waals surface area contributed by atoms with Gasteiger partial charge in [0.1, 0.15) is 5.60 Å². The van der Waals surface area contributed by atoms with Crippen molar-refractivity contribution in [2.45, 2.75) is 32.8 Å². The van der Waals surface area contributed by atoms with Gasteiger partial charge < -0.3 is 14.9 Å². The fraction of sp³-hybridized carbons (Fsp3) is 0.444. The Kier molecular flexibility index (Phi) is 4.43. The molecule has 1 N–H and O–H groups in total. The second kappa shape index (κ2) is 6.44. The average Bonchev–Trinajstić information content (AvgIpc) is 3.30. The van der Waals surface area contributed by atoms with Gasteiger partial charge in [-0.25, -0.2) is 9.59 Å². The molecular weight excluding hydrogens is 340 g/mol. The Morgan fingerprint density at radius 3 is 2.27 bits per heavy atom. The van der Waals surface area contributed by atoms with Crippen molar-refractivity contribution < 1.29 is 28.8 Å². The molecule has 0 unspecified atom stereocenters. The third-order valence-corrected chi connectivity index (χ3v) is 4.07. The highest BCUT2D eigenvalue weighted by atomic mass is 16.7. The molecule has 138 valence electrons. The van der Waals surface area contributed by atoms with Gasteiger partial charge in [-0.05, 0) is 45.2 Å². The summed E-state index contributed by atoms with van der Waals surface area (Å²) >= 11 is 0. The van der Waals surface area contributed by atoms with Gasteiger partial charge in [0, 0.05) is 6.54 Å². The van der Waals surface area contributed by atoms with Crippen molar-refractivity contribution in [1.82, 2.24) is 10.4 Å². The summed E-state index contributed by atoms with van der Waals surface area (Å²) in [6.07, 6.45) is -0.0468. The van der Waals surface area contributed by atoms with Crippen LogP contribution in [0.5, 0.6) is 0 Å². The number of ether oxygens (including phenoxy) is 1. The summed E-state index contributed by atoms with van der Waals surface area (Å²) in [5.41, 5.74) is -0.175. The molecule has 3 amide bonds. The van der Waals surface area contributed by atoms with E-state index < -0.39 is 35.4 Å². The molecule has 0 bridgehead atoms. The number of carbonyl (C=O) groups excluding carboxylic acids is 4. The van der Waals surface area contributed by atoms with E-state index in [0.717, 1.165) is 0 Å². The second-order valence-electron chi connectivity index (χ2n) is 7.35. The van der Waals surface area contributed by atoms with Gasteiger partial charge in [-0.1, -0.05) is 17.2 Å². The topological polar surface area (TPSA) is 102 Å². The van der Waals surface area contributed by atoms with E-state index in [9.17, 15) is 19.2 Å². The first-order chi connectivity index (χ1) is 12.2. The lowest BCUT2D eigenvalue weighted by Crippen LogP contribution is -2.35. The molecule has 0 saturated heterocycles. The van der Waals surface area contributed by atoms with Crippen LogP contribution in [0.1, 0.15) is 47.9 Å². The normalized spacial score (nSPS) is 21.3. The molecule has 26 heavy (non-hydrogen) atoms. The monoisotopic (exact) mass is 360 g/mol. The van der Waals surface area contributed by atoms with E-state index in [2.05, 4.69) is 5.32 Å². The number of alkyl carbamates (subject to hydrolysis) is 1. The molecule has 3 rings (SSSR count). The van der Waals surface area contributed by atoms with E-state index in [0.29, 0.717) is 11.5 Å². The van der Waals surface area contributed by atoms with E-state index in [4.69, 9.17) is 9.57 Å². The maximum atomic E-state index is 12.2. The van der Waals surface area contributed by atoms with Gasteiger partial charge in [0.25, 0.3) is 11.8 Å². The lowest BCUT2D eigenvalue weighted by Gasteiger charge is -2.19. The molecule has 2 aliphatic rings. The van der Waals surface area contributed by atoms with Crippen LogP contribution in [0.3, 0.4) is 0 Å². The van der Waals surface area contributed by atoms with Crippen molar-refractivity contribution in [3.63, 3.8) is 0 Å². The molecule has 1 heterocycles. The van der Waals surface area contributed by atoms with E-state index in [-0.39, 0.29) is 23.6 Å². The van der Waals surface area contributed by atoms with Gasteiger partial charge in [0.15, 0.2) is 0 Å². The van der Waals surface area contributed by atoms with Gasteiger partial charge in [0.2, 0.25) is 0 Å². The Hall–Kier alpha value is -2.90. The molecular formula is C18H20N2O6. The number of hydroxylamine groups is 2. The van der Waals surface area contributed by atoms with Gasteiger partial charge in [-0.3, -0.25) is 9.59 Å². The number of imide groups is 1. The summed E-state index contributed by atoms with van der Waals surface area (Å²) in [6, 6.07) is 6.28. The van der Waals surface area contributed by atoms with Gasteiger partial charge in [0.05, 0.1) is 17.0 Å². The van der Waals surface area contributed by atoms with E-state index in [1.807, 2.05) is 0 Å². The van der Waals surface area contributed by atoms with Crippen LogP contribution in [0.25, 0.3) is 0 Å². The second-order valence-corrected chi connectivity index (χ2v) is 7.35. The van der Waals surface area contributed by atoms with Crippen molar-refractivity contribution in [2.24, 2.45) is 11.8 Å². The number of hydrogen-bond donors (Lipinski definition) is 1. The lowest BCUT2D eigenvalue weighted by molar-refractivity contribution is -0.170. The van der Waals surface area contributed by atoms with Crippen LogP contribution in [-0.2, 0) is 14.4 Å². The first kappa shape index (κ1) is 17.9. The predicted octanol–water partition coefficient (Wildman–Crippen LogP) is 1.90. The molecule has 0 aromatic heterocycles. The summed E-state index contributed by atoms with van der Waals surface area (Å²) in [6.45, 7) is 5.53. The number of rotatable bonds is 4. The standard InChI is InChI=1S/C18H20N2O6/c1-18(2,3)25-17(24)19-9-10-8-13(10)16(23)26-20-14(21)11-6-4-5-7-12(11)15(20)22/h4-7,10,13H,8-9H2,1-3H3,(H,19,24)/t10-,13-/m0/s1. The largest absolute Gasteiger partial charge is 0.444 e. The van der Waals surface area contributed by atoms with Crippen LogP contribution < -0.4 is 5.32 Å². The summed E-state index contributed by atoms with van der Waals surface area (Å²) in [5, 5.41) is 3.10. The Balaban J connectivity index is 1.50. The zero-order chi connectivity index (χ0) is 19.1. The minimum atomic E-state index is -0.657. The van der Waals surface area contributed by atoms with Crippen LogP contribution in [0.4, 0.5) is 4.79 Å². The Morgan fingerprint density at radius 2 is 1.73 bits per heavy atom. The predicted molar refractivity (Wildman–Crippen MR) is 88.9 cm³/mol. The third kappa shape index (κ3) is 3.68. The highest BCUT2D eigenvalue weighted by Crippen LogP contribution is 2.39. The quantitative estimate of drug-likeness (QED) is 0.823. The number of nitrogens with zero attached hydrogens (tertiary/aromatic N) is 1. The molecule has 1 aromatic carbocycles. The third-order valence-electron chi connectivity index (χ3n) is 4.07. The number of carbonyl (C=O) groups is 4. The van der Waals surface area contributed by atoms with Crippen molar-refractivity contribution >= 4 is 23.9 Å². The van der Waals surface area contributed by atoms with Gasteiger partial charge >= 0.3 is 12.1 Å². The smallest absolute Gasteiger partial charge is 0.407 e. The Morgan fingerprint density at radius 1 is 1.15 bits per heavy atom. The molecule has 1 saturated carbocycles. The summed E-state index contributed by atoms with van der Waals surface area (Å²) in [7, 11) is 0. The maximum absolute atomic E-state index is 12.2. The van der Waals surface area contributed by atoms with Crippen molar-refractivity contribution in [3.05, 3.63) is 35.4 Å². The molecule has 1 fully saturated rings. The molecule has 8 nitrogen and oxygen atoms in total. The fourth-order valence-electron chi connectivity index (χ4n) is 2.70. The zero-order valence-corrected chi connectivity index (χ0v) is 14.8. The number of amides is 3. The van der Waals surface area contributed by atoms with Crippen molar-refractivity contribution in [2.75, 3.05) is 6.54 Å². The highest BCUT2D eigenvalue weighted by molar-refractivity contribution is 6.20. The van der Waals surface area contributed by atoms with Crippen LogP contribution >= 0.6 is 0 Å². The molecule has 8 heteroatoms. The number of hydrogen-bond acceptors (Lipinski definition) is 6. The first-order valence-corrected chi connectivity index (χ1v) is 8.34. The maximum Gasteiger partial charge on any atom is 0.407 e. The Labute approximate surface area is 150 Å². The molecule has 0 radical (unpaired) electrons. The van der Waals surface area contributed by atoms with Gasteiger partial charge in [-0.15, -0.1) is 0 Å². The molecule has 1 aromatic rings. The number of benzene rings is 1. The van der Waals surface area contributed by atoms with Crippen molar-refractivity contribution in [1.29, 1.82) is 0 Å². The molecule has 1 aliphatic heterocycles. The number of fused-ring (bicyclic) bond motifs is 1. The molecule has 0 spiro atoms. The lowest BCUT2D eigenvalue weighted by atomic mass is 10.1. The first-order valence-electron chi connectivity index (χ1n) is 8.34.